The van der Waals surface area contributed by atoms with Gasteiger partial charge in [-0.25, -0.2) is 0 Å². The molecule has 2 aliphatic rings. The zero-order valence-corrected chi connectivity index (χ0v) is 21.1. The predicted molar refractivity (Wildman–Crippen MR) is 136 cm³/mol. The molecule has 2 heterocycles. The smallest absolute Gasteiger partial charge is 0.260 e. The Balaban J connectivity index is 1.43. The maximum absolute atomic E-state index is 13.3. The van der Waals surface area contributed by atoms with E-state index in [0.717, 1.165) is 44.8 Å². The first kappa shape index (κ1) is 25.3. The maximum Gasteiger partial charge on any atom is 0.260 e. The van der Waals surface area contributed by atoms with E-state index in [2.05, 4.69) is 11.9 Å². The molecule has 4 rings (SSSR count). The van der Waals surface area contributed by atoms with Crippen LogP contribution in [0, 0.1) is 5.41 Å². The van der Waals surface area contributed by atoms with Crippen molar-refractivity contribution in [1.29, 1.82) is 0 Å². The zero-order valence-electron chi connectivity index (χ0n) is 20.3. The van der Waals surface area contributed by atoms with Crippen LogP contribution < -0.4 is 9.47 Å². The number of halogens is 1. The van der Waals surface area contributed by atoms with Crippen molar-refractivity contribution in [3.05, 3.63) is 59.6 Å². The highest BCUT2D eigenvalue weighted by Gasteiger charge is 2.41. The molecule has 0 spiro atoms. The first-order valence-electron chi connectivity index (χ1n) is 12.2. The van der Waals surface area contributed by atoms with Gasteiger partial charge in [0.15, 0.2) is 6.61 Å². The number of carbonyl (C=O) groups is 2. The average Bonchev–Trinajstić information content (AvgIpc) is 2.88. The van der Waals surface area contributed by atoms with Crippen LogP contribution in [0.1, 0.15) is 19.3 Å². The maximum atomic E-state index is 13.3. The van der Waals surface area contributed by atoms with Gasteiger partial charge < -0.3 is 24.2 Å². The largest absolute Gasteiger partial charge is 0.493 e. The van der Waals surface area contributed by atoms with Gasteiger partial charge in [0.1, 0.15) is 11.5 Å². The number of benzene rings is 2. The Hall–Kier alpha value is -2.77. The SMILES string of the molecule is CN1CCN(C(=O)CC2(COc3ccccc3)CCCN(C(=O)COc3ccc(Cl)cc3)C2)CC1. The lowest BCUT2D eigenvalue weighted by Gasteiger charge is -2.43. The van der Waals surface area contributed by atoms with Gasteiger partial charge in [0, 0.05) is 56.1 Å². The number of hydrogen-bond donors (Lipinski definition) is 0. The van der Waals surface area contributed by atoms with E-state index in [-0.39, 0.29) is 18.4 Å². The minimum Gasteiger partial charge on any atom is -0.493 e. The molecule has 35 heavy (non-hydrogen) atoms. The number of hydrogen-bond acceptors (Lipinski definition) is 5. The van der Waals surface area contributed by atoms with Gasteiger partial charge in [-0.05, 0) is 56.3 Å². The average molecular weight is 500 g/mol. The molecule has 2 saturated heterocycles. The summed E-state index contributed by atoms with van der Waals surface area (Å²) < 4.78 is 11.9. The number of amides is 2. The molecule has 0 radical (unpaired) electrons. The highest BCUT2D eigenvalue weighted by Crippen LogP contribution is 2.35. The Morgan fingerprint density at radius 3 is 2.26 bits per heavy atom. The molecule has 2 aromatic carbocycles. The fraction of sp³-hybridized carbons (Fsp3) is 0.481. The van der Waals surface area contributed by atoms with E-state index in [1.807, 2.05) is 40.1 Å². The van der Waals surface area contributed by atoms with Gasteiger partial charge in [-0.2, -0.15) is 0 Å². The Labute approximate surface area is 212 Å². The number of piperidine rings is 1. The normalized spacial score (nSPS) is 21.0. The van der Waals surface area contributed by atoms with Gasteiger partial charge in [-0.15, -0.1) is 0 Å². The van der Waals surface area contributed by atoms with E-state index >= 15 is 0 Å². The van der Waals surface area contributed by atoms with Gasteiger partial charge in [0.2, 0.25) is 5.91 Å². The Morgan fingerprint density at radius 2 is 1.54 bits per heavy atom. The molecule has 0 N–H and O–H groups in total. The molecule has 2 aliphatic heterocycles. The fourth-order valence-corrected chi connectivity index (χ4v) is 4.87. The molecule has 0 saturated carbocycles. The monoisotopic (exact) mass is 499 g/mol. The van der Waals surface area contributed by atoms with Gasteiger partial charge >= 0.3 is 0 Å². The lowest BCUT2D eigenvalue weighted by atomic mass is 9.77. The highest BCUT2D eigenvalue weighted by atomic mass is 35.5. The molecular formula is C27H34ClN3O4. The summed E-state index contributed by atoms with van der Waals surface area (Å²) in [6.07, 6.45) is 2.02. The Bertz CT molecular complexity index is 980. The molecule has 0 aromatic heterocycles. The third-order valence-electron chi connectivity index (χ3n) is 6.86. The lowest BCUT2D eigenvalue weighted by Crippen LogP contribution is -2.53. The molecule has 2 amide bonds. The summed E-state index contributed by atoms with van der Waals surface area (Å²) in [6.45, 7) is 4.70. The highest BCUT2D eigenvalue weighted by molar-refractivity contribution is 6.30. The van der Waals surface area contributed by atoms with Crippen molar-refractivity contribution in [1.82, 2.24) is 14.7 Å². The van der Waals surface area contributed by atoms with Crippen molar-refractivity contribution < 1.29 is 19.1 Å². The summed E-state index contributed by atoms with van der Waals surface area (Å²) in [5.41, 5.74) is -0.440. The van der Waals surface area contributed by atoms with Crippen LogP contribution in [0.15, 0.2) is 54.6 Å². The molecule has 1 atom stereocenters. The van der Waals surface area contributed by atoms with Crippen molar-refractivity contribution >= 4 is 23.4 Å². The van der Waals surface area contributed by atoms with Gasteiger partial charge in [-0.1, -0.05) is 29.8 Å². The van der Waals surface area contributed by atoms with Crippen LogP contribution in [0.4, 0.5) is 0 Å². The van der Waals surface area contributed by atoms with Crippen molar-refractivity contribution in [3.8, 4) is 11.5 Å². The van der Waals surface area contributed by atoms with E-state index in [1.54, 1.807) is 24.3 Å². The number of likely N-dealkylation sites (tertiary alicyclic amines) is 1. The minimum absolute atomic E-state index is 0.0519. The van der Waals surface area contributed by atoms with E-state index in [1.165, 1.54) is 0 Å². The molecule has 7 nitrogen and oxygen atoms in total. The van der Waals surface area contributed by atoms with Crippen LogP contribution in [0.3, 0.4) is 0 Å². The number of para-hydroxylation sites is 1. The second-order valence-electron chi connectivity index (χ2n) is 9.62. The Kier molecular flexibility index (Phi) is 8.52. The van der Waals surface area contributed by atoms with Gasteiger partial charge in [0.05, 0.1) is 6.61 Å². The fourth-order valence-electron chi connectivity index (χ4n) is 4.74. The summed E-state index contributed by atoms with van der Waals surface area (Å²) in [7, 11) is 2.08. The molecule has 1 unspecified atom stereocenters. The van der Waals surface area contributed by atoms with Crippen LogP contribution in [0.25, 0.3) is 0 Å². The van der Waals surface area contributed by atoms with Crippen molar-refractivity contribution in [2.75, 3.05) is 59.5 Å². The molecule has 188 valence electrons. The zero-order chi connectivity index (χ0) is 24.7. The first-order chi connectivity index (χ1) is 16.9. The predicted octanol–water partition coefficient (Wildman–Crippen LogP) is 3.57. The summed E-state index contributed by atoms with van der Waals surface area (Å²) in [6, 6.07) is 16.6. The first-order valence-corrected chi connectivity index (χ1v) is 12.6. The van der Waals surface area contributed by atoms with Crippen LogP contribution >= 0.6 is 11.6 Å². The standard InChI is InChI=1S/C27H34ClN3O4/c1-29-14-16-30(17-15-29)25(32)18-27(21-35-23-6-3-2-4-7-23)12-5-13-31(20-27)26(33)19-34-24-10-8-22(28)9-11-24/h2-4,6-11H,5,12-21H2,1H3. The van der Waals surface area contributed by atoms with E-state index in [9.17, 15) is 9.59 Å². The van der Waals surface area contributed by atoms with E-state index in [4.69, 9.17) is 21.1 Å². The number of likely N-dealkylation sites (N-methyl/N-ethyl adjacent to an activating group) is 1. The lowest BCUT2D eigenvalue weighted by molar-refractivity contribution is -0.143. The molecule has 0 aliphatic carbocycles. The topological polar surface area (TPSA) is 62.3 Å². The Morgan fingerprint density at radius 1 is 0.857 bits per heavy atom. The third kappa shape index (κ3) is 7.12. The van der Waals surface area contributed by atoms with Crippen LogP contribution in [0.2, 0.25) is 5.02 Å². The van der Waals surface area contributed by atoms with Crippen molar-refractivity contribution in [3.63, 3.8) is 0 Å². The summed E-state index contributed by atoms with van der Waals surface area (Å²) in [5, 5.41) is 0.618. The molecule has 2 fully saturated rings. The quantitative estimate of drug-likeness (QED) is 0.555. The van der Waals surface area contributed by atoms with Crippen molar-refractivity contribution in [2.24, 2.45) is 5.41 Å². The van der Waals surface area contributed by atoms with Crippen LogP contribution in [-0.4, -0.2) is 86.0 Å². The minimum atomic E-state index is -0.440. The van der Waals surface area contributed by atoms with Gasteiger partial charge in [-0.3, -0.25) is 9.59 Å². The number of rotatable bonds is 8. The van der Waals surface area contributed by atoms with E-state index < -0.39 is 5.41 Å². The summed E-state index contributed by atoms with van der Waals surface area (Å²) >= 11 is 5.93. The van der Waals surface area contributed by atoms with Crippen LogP contribution in [0.5, 0.6) is 11.5 Å². The summed E-state index contributed by atoms with van der Waals surface area (Å²) in [5.74, 6) is 1.43. The number of nitrogens with zero attached hydrogens (tertiary/aromatic N) is 3. The number of ether oxygens (including phenoxy) is 2. The second-order valence-corrected chi connectivity index (χ2v) is 10.1. The molecule has 2 aromatic rings. The second kappa shape index (κ2) is 11.8. The molecule has 0 bridgehead atoms. The third-order valence-corrected chi connectivity index (χ3v) is 7.11. The van der Waals surface area contributed by atoms with Crippen LogP contribution in [-0.2, 0) is 9.59 Å². The van der Waals surface area contributed by atoms with E-state index in [0.29, 0.717) is 36.9 Å². The van der Waals surface area contributed by atoms with Gasteiger partial charge in [0.25, 0.3) is 5.91 Å². The number of carbonyl (C=O) groups excluding carboxylic acids is 2. The molecule has 8 heteroatoms. The van der Waals surface area contributed by atoms with Crippen molar-refractivity contribution in [2.45, 2.75) is 19.3 Å². The molecular weight excluding hydrogens is 466 g/mol. The summed E-state index contributed by atoms with van der Waals surface area (Å²) in [4.78, 5) is 32.4. The number of piperazine rings is 1.